The van der Waals surface area contributed by atoms with E-state index in [1.54, 1.807) is 5.57 Å². The summed E-state index contributed by atoms with van der Waals surface area (Å²) in [6, 6.07) is 0. The molecule has 0 N–H and O–H groups in total. The molecule has 0 aromatic carbocycles. The predicted octanol–water partition coefficient (Wildman–Crippen LogP) is -0.666. The van der Waals surface area contributed by atoms with Crippen molar-refractivity contribution < 1.29 is 17.0 Å². The summed E-state index contributed by atoms with van der Waals surface area (Å²) >= 11 is 0. The molecule has 0 unspecified atom stereocenters. The van der Waals surface area contributed by atoms with Crippen LogP contribution in [0.3, 0.4) is 0 Å². The Labute approximate surface area is 90.4 Å². The zero-order valence-corrected chi connectivity index (χ0v) is 9.41. The molecule has 0 saturated heterocycles. The van der Waals surface area contributed by atoms with Crippen LogP contribution in [0.4, 0.5) is 0 Å². The predicted molar refractivity (Wildman–Crippen MR) is 42.3 cm³/mol. The minimum Gasteiger partial charge on any atom is -1.00 e. The van der Waals surface area contributed by atoms with Gasteiger partial charge in [0, 0.05) is 0 Å². The van der Waals surface area contributed by atoms with E-state index in [-0.39, 0.29) is 40.0 Å². The zero-order chi connectivity index (χ0) is 5.82. The van der Waals surface area contributed by atoms with Crippen LogP contribution in [0.5, 0.6) is 0 Å². The Balaban J connectivity index is 0. The van der Waals surface area contributed by atoms with Crippen LogP contribution in [0.15, 0.2) is 11.6 Å². The van der Waals surface area contributed by atoms with Gasteiger partial charge in [-0.2, -0.15) is 6.42 Å². The second-order valence-corrected chi connectivity index (χ2v) is 2.36. The number of halogens is 1. The summed E-state index contributed by atoms with van der Waals surface area (Å²) in [6.45, 7) is 3.84. The Morgan fingerprint density at radius 1 is 1.40 bits per heavy atom. The molecule has 0 aromatic rings. The van der Waals surface area contributed by atoms with E-state index in [9.17, 15) is 0 Å². The van der Waals surface area contributed by atoms with Crippen molar-refractivity contribution >= 4 is 23.1 Å². The molecule has 0 aliphatic heterocycles. The summed E-state index contributed by atoms with van der Waals surface area (Å²) in [5.41, 5.74) is 1.57. The molecule has 2 heteroatoms. The van der Waals surface area contributed by atoms with E-state index in [0.717, 1.165) is 6.42 Å². The summed E-state index contributed by atoms with van der Waals surface area (Å²) in [5, 5.41) is 0. The van der Waals surface area contributed by atoms with Gasteiger partial charge in [0.2, 0.25) is 0 Å². The smallest absolute Gasteiger partial charge is 1.00 e. The summed E-state index contributed by atoms with van der Waals surface area (Å²) in [4.78, 5) is 0. The second-order valence-electron chi connectivity index (χ2n) is 2.36. The molecule has 10 heavy (non-hydrogen) atoms. The first-order chi connectivity index (χ1) is 3.93. The Kier molecular flexibility index (Phi) is 11.0. The third-order valence-electron chi connectivity index (χ3n) is 1.71. The van der Waals surface area contributed by atoms with Crippen molar-refractivity contribution in [1.29, 1.82) is 0 Å². The number of hydrogen-bond donors (Lipinski definition) is 0. The van der Waals surface area contributed by atoms with Crippen molar-refractivity contribution in [2.45, 2.75) is 32.1 Å². The normalized spacial score (nSPS) is 16.3. The minimum absolute atomic E-state index is 0. The summed E-state index contributed by atoms with van der Waals surface area (Å²) in [7, 11) is 0. The summed E-state index contributed by atoms with van der Waals surface area (Å²) in [5.74, 6) is 0. The molecule has 1 rings (SSSR count). The maximum absolute atomic E-state index is 3.84. The van der Waals surface area contributed by atoms with E-state index < -0.39 is 0 Å². The van der Waals surface area contributed by atoms with Crippen LogP contribution in [-0.2, 0) is 0 Å². The largest absolute Gasteiger partial charge is 2.00 e. The molecule has 0 nitrogen and oxygen atoms in total. The standard InChI is InChI=1S/C8H13.BrH.Mg/c1-2-8-6-4-3-5-7-8;;/h6H,1-5,7H2;1H;/q-1;;+2/p-1. The third-order valence-corrected chi connectivity index (χ3v) is 1.71. The molecule has 0 amide bonds. The third kappa shape index (κ3) is 4.75. The van der Waals surface area contributed by atoms with Gasteiger partial charge in [0.05, 0.1) is 0 Å². The van der Waals surface area contributed by atoms with Crippen LogP contribution in [0.25, 0.3) is 0 Å². The monoisotopic (exact) mass is 212 g/mol. The summed E-state index contributed by atoms with van der Waals surface area (Å²) < 4.78 is 0. The van der Waals surface area contributed by atoms with Crippen LogP contribution in [0, 0.1) is 6.92 Å². The molecule has 1 aliphatic rings. The maximum atomic E-state index is 3.84. The minimum atomic E-state index is 0. The number of hydrogen-bond acceptors (Lipinski definition) is 0. The van der Waals surface area contributed by atoms with E-state index in [2.05, 4.69) is 13.0 Å². The molecule has 0 radical (unpaired) electrons. The van der Waals surface area contributed by atoms with Crippen molar-refractivity contribution in [3.63, 3.8) is 0 Å². The first-order valence-corrected chi connectivity index (χ1v) is 3.40. The van der Waals surface area contributed by atoms with Gasteiger partial charge >= 0.3 is 23.1 Å². The quantitative estimate of drug-likeness (QED) is 0.308. The van der Waals surface area contributed by atoms with Gasteiger partial charge in [-0.25, -0.2) is 0 Å². The molecule has 1 aliphatic carbocycles. The van der Waals surface area contributed by atoms with Gasteiger partial charge in [0.25, 0.3) is 0 Å². The van der Waals surface area contributed by atoms with Crippen LogP contribution in [-0.4, -0.2) is 23.1 Å². The SMILES string of the molecule is [Br-].[CH2-]CC1=CCCCC1.[Mg+2]. The zero-order valence-electron chi connectivity index (χ0n) is 6.41. The fraction of sp³-hybridized carbons (Fsp3) is 0.625. The van der Waals surface area contributed by atoms with Crippen LogP contribution < -0.4 is 17.0 Å². The van der Waals surface area contributed by atoms with Gasteiger partial charge in [0.1, 0.15) is 0 Å². The Morgan fingerprint density at radius 3 is 2.40 bits per heavy atom. The van der Waals surface area contributed by atoms with Crippen molar-refractivity contribution in [3.05, 3.63) is 18.6 Å². The molecule has 0 bridgehead atoms. The van der Waals surface area contributed by atoms with Gasteiger partial charge in [-0.1, -0.05) is 6.08 Å². The van der Waals surface area contributed by atoms with Gasteiger partial charge in [0.15, 0.2) is 0 Å². The molecular weight excluding hydrogens is 200 g/mol. The molecule has 54 valence electrons. The second kappa shape index (κ2) is 8.09. The number of rotatable bonds is 1. The molecule has 0 fully saturated rings. The van der Waals surface area contributed by atoms with Crippen LogP contribution in [0.1, 0.15) is 32.1 Å². The van der Waals surface area contributed by atoms with Crippen molar-refractivity contribution in [3.8, 4) is 0 Å². The van der Waals surface area contributed by atoms with E-state index in [0.29, 0.717) is 0 Å². The Morgan fingerprint density at radius 2 is 2.10 bits per heavy atom. The average molecular weight is 213 g/mol. The number of allylic oxidation sites excluding steroid dienone is 2. The van der Waals surface area contributed by atoms with Crippen molar-refractivity contribution in [2.24, 2.45) is 0 Å². The molecule has 0 saturated carbocycles. The van der Waals surface area contributed by atoms with Crippen LogP contribution >= 0.6 is 0 Å². The molecular formula is C8H13BrMg. The fourth-order valence-electron chi connectivity index (χ4n) is 1.13. The molecule has 0 aromatic heterocycles. The topological polar surface area (TPSA) is 0 Å². The molecule has 0 spiro atoms. The van der Waals surface area contributed by atoms with Gasteiger partial charge in [-0.15, -0.1) is 5.57 Å². The Bertz CT molecular complexity index is 99.4. The Hall–Kier alpha value is 0.986. The first kappa shape index (κ1) is 13.6. The van der Waals surface area contributed by atoms with E-state index in [1.807, 2.05) is 0 Å². The fourth-order valence-corrected chi connectivity index (χ4v) is 1.13. The van der Waals surface area contributed by atoms with E-state index >= 15 is 0 Å². The average Bonchev–Trinajstić information content (AvgIpc) is 1.90. The first-order valence-electron chi connectivity index (χ1n) is 3.40. The van der Waals surface area contributed by atoms with Gasteiger partial charge in [-0.3, -0.25) is 0 Å². The van der Waals surface area contributed by atoms with Gasteiger partial charge in [-0.05, 0) is 25.7 Å². The molecule has 0 atom stereocenters. The van der Waals surface area contributed by atoms with E-state index in [4.69, 9.17) is 0 Å². The van der Waals surface area contributed by atoms with E-state index in [1.165, 1.54) is 25.7 Å². The van der Waals surface area contributed by atoms with Crippen molar-refractivity contribution in [1.82, 2.24) is 0 Å². The van der Waals surface area contributed by atoms with Crippen molar-refractivity contribution in [2.75, 3.05) is 0 Å². The van der Waals surface area contributed by atoms with Crippen LogP contribution in [0.2, 0.25) is 0 Å². The van der Waals surface area contributed by atoms with Gasteiger partial charge < -0.3 is 23.9 Å². The maximum Gasteiger partial charge on any atom is 2.00 e. The molecule has 0 heterocycles. The summed E-state index contributed by atoms with van der Waals surface area (Å²) in [6.07, 6.45) is 8.76.